The van der Waals surface area contributed by atoms with E-state index in [4.69, 9.17) is 0 Å². The van der Waals surface area contributed by atoms with Gasteiger partial charge in [0.25, 0.3) is 0 Å². The first kappa shape index (κ1) is 11.1. The van der Waals surface area contributed by atoms with Crippen molar-refractivity contribution in [2.45, 2.75) is 38.8 Å². The predicted octanol–water partition coefficient (Wildman–Crippen LogP) is 3.12. The first-order valence-corrected chi connectivity index (χ1v) is 6.37. The molecule has 1 heterocycles. The van der Waals surface area contributed by atoms with Crippen molar-refractivity contribution in [2.24, 2.45) is 5.92 Å². The van der Waals surface area contributed by atoms with Gasteiger partial charge in [-0.05, 0) is 53.2 Å². The number of nitrogens with zero attached hydrogens (tertiary/aromatic N) is 1. The summed E-state index contributed by atoms with van der Waals surface area (Å²) < 4.78 is 1.04. The summed E-state index contributed by atoms with van der Waals surface area (Å²) in [5.74, 6) is 0.889. The van der Waals surface area contributed by atoms with Crippen LogP contribution >= 0.6 is 15.9 Å². The van der Waals surface area contributed by atoms with Gasteiger partial charge in [0.05, 0.1) is 5.69 Å². The summed E-state index contributed by atoms with van der Waals surface area (Å²) >= 11 is 3.39. The Morgan fingerprint density at radius 2 is 2.33 bits per heavy atom. The van der Waals surface area contributed by atoms with Gasteiger partial charge >= 0.3 is 0 Å². The molecule has 2 nitrogen and oxygen atoms in total. The molecule has 0 amide bonds. The fraction of sp³-hybridized carbons (Fsp3) is 0.583. The zero-order valence-corrected chi connectivity index (χ0v) is 10.6. The Balaban J connectivity index is 1.80. The van der Waals surface area contributed by atoms with E-state index in [9.17, 15) is 0 Å². The quantitative estimate of drug-likeness (QED) is 0.911. The Morgan fingerprint density at radius 1 is 1.47 bits per heavy atom. The first-order valence-electron chi connectivity index (χ1n) is 5.58. The normalized spacial score (nSPS) is 25.7. The Labute approximate surface area is 99.6 Å². The second-order valence-corrected chi connectivity index (χ2v) is 5.38. The van der Waals surface area contributed by atoms with Crippen LogP contribution in [0.25, 0.3) is 0 Å². The van der Waals surface area contributed by atoms with E-state index in [-0.39, 0.29) is 0 Å². The molecule has 1 aromatic heterocycles. The summed E-state index contributed by atoms with van der Waals surface area (Å²) in [6.07, 6.45) is 5.86. The molecule has 0 spiro atoms. The highest BCUT2D eigenvalue weighted by Crippen LogP contribution is 2.24. The van der Waals surface area contributed by atoms with Gasteiger partial charge in [0.2, 0.25) is 0 Å². The van der Waals surface area contributed by atoms with Gasteiger partial charge in [-0.25, -0.2) is 0 Å². The lowest BCUT2D eigenvalue weighted by Gasteiger charge is -2.11. The standard InChI is InChI=1S/C12H17BrN2/c1-9-2-4-11(6-9)15-8-12-5-3-10(13)7-14-12/h3,5,7,9,11,15H,2,4,6,8H2,1H3. The van der Waals surface area contributed by atoms with Crippen LogP contribution in [0.15, 0.2) is 22.8 Å². The van der Waals surface area contributed by atoms with E-state index in [1.807, 2.05) is 12.3 Å². The predicted molar refractivity (Wildman–Crippen MR) is 65.6 cm³/mol. The fourth-order valence-corrected chi connectivity index (χ4v) is 2.39. The number of halogens is 1. The highest BCUT2D eigenvalue weighted by molar-refractivity contribution is 9.10. The number of rotatable bonds is 3. The molecule has 15 heavy (non-hydrogen) atoms. The van der Waals surface area contributed by atoms with Crippen molar-refractivity contribution in [3.05, 3.63) is 28.5 Å². The summed E-state index contributed by atoms with van der Waals surface area (Å²) in [5, 5.41) is 3.57. The third-order valence-electron chi connectivity index (χ3n) is 3.06. The van der Waals surface area contributed by atoms with Gasteiger partial charge in [0, 0.05) is 23.3 Å². The Kier molecular flexibility index (Phi) is 3.76. The van der Waals surface area contributed by atoms with Gasteiger partial charge in [-0.15, -0.1) is 0 Å². The molecule has 0 aliphatic heterocycles. The second kappa shape index (κ2) is 5.08. The second-order valence-electron chi connectivity index (χ2n) is 4.46. The molecule has 1 aromatic rings. The molecule has 2 rings (SSSR count). The van der Waals surface area contributed by atoms with E-state index in [0.717, 1.165) is 22.6 Å². The van der Waals surface area contributed by atoms with E-state index >= 15 is 0 Å². The van der Waals surface area contributed by atoms with E-state index in [2.05, 4.69) is 39.2 Å². The molecule has 1 aliphatic rings. The Bertz CT molecular complexity index is 310. The third kappa shape index (κ3) is 3.28. The minimum absolute atomic E-state index is 0.699. The van der Waals surface area contributed by atoms with Crippen LogP contribution in [0.2, 0.25) is 0 Å². The van der Waals surface area contributed by atoms with Crippen LogP contribution < -0.4 is 5.32 Å². The zero-order valence-electron chi connectivity index (χ0n) is 9.04. The molecule has 82 valence electrons. The number of nitrogens with one attached hydrogen (secondary N) is 1. The molecule has 1 aliphatic carbocycles. The van der Waals surface area contributed by atoms with Crippen molar-refractivity contribution in [3.63, 3.8) is 0 Å². The van der Waals surface area contributed by atoms with Crippen LogP contribution in [-0.2, 0) is 6.54 Å². The van der Waals surface area contributed by atoms with Crippen molar-refractivity contribution >= 4 is 15.9 Å². The summed E-state index contributed by atoms with van der Waals surface area (Å²) in [5.41, 5.74) is 1.12. The molecule has 3 heteroatoms. The summed E-state index contributed by atoms with van der Waals surface area (Å²) in [6, 6.07) is 4.81. The fourth-order valence-electron chi connectivity index (χ4n) is 2.15. The Hall–Kier alpha value is -0.410. The van der Waals surface area contributed by atoms with Crippen molar-refractivity contribution in [1.29, 1.82) is 0 Å². The molecule has 0 saturated heterocycles. The SMILES string of the molecule is CC1CCC(NCc2ccc(Br)cn2)C1. The van der Waals surface area contributed by atoms with Crippen molar-refractivity contribution in [3.8, 4) is 0 Å². The van der Waals surface area contributed by atoms with E-state index < -0.39 is 0 Å². The van der Waals surface area contributed by atoms with Gasteiger partial charge in [-0.3, -0.25) is 4.98 Å². The monoisotopic (exact) mass is 268 g/mol. The van der Waals surface area contributed by atoms with Gasteiger partial charge in [0.1, 0.15) is 0 Å². The minimum atomic E-state index is 0.699. The van der Waals surface area contributed by atoms with Crippen molar-refractivity contribution in [2.75, 3.05) is 0 Å². The maximum atomic E-state index is 4.35. The highest BCUT2D eigenvalue weighted by atomic mass is 79.9. The summed E-state index contributed by atoms with van der Waals surface area (Å²) in [4.78, 5) is 4.35. The summed E-state index contributed by atoms with van der Waals surface area (Å²) in [6.45, 7) is 3.23. The number of aromatic nitrogens is 1. The minimum Gasteiger partial charge on any atom is -0.308 e. The lowest BCUT2D eigenvalue weighted by atomic mass is 10.1. The lowest BCUT2D eigenvalue weighted by molar-refractivity contribution is 0.498. The molecule has 1 fully saturated rings. The Morgan fingerprint density at radius 3 is 2.93 bits per heavy atom. The van der Waals surface area contributed by atoms with Crippen LogP contribution in [0.3, 0.4) is 0 Å². The average Bonchev–Trinajstić information content (AvgIpc) is 2.64. The third-order valence-corrected chi connectivity index (χ3v) is 3.52. The molecule has 1 saturated carbocycles. The van der Waals surface area contributed by atoms with E-state index in [1.165, 1.54) is 19.3 Å². The van der Waals surface area contributed by atoms with Crippen LogP contribution in [0, 0.1) is 5.92 Å². The maximum absolute atomic E-state index is 4.35. The average molecular weight is 269 g/mol. The van der Waals surface area contributed by atoms with Gasteiger partial charge < -0.3 is 5.32 Å². The van der Waals surface area contributed by atoms with Gasteiger partial charge in [-0.1, -0.05) is 6.92 Å². The van der Waals surface area contributed by atoms with Crippen LogP contribution in [0.4, 0.5) is 0 Å². The molecule has 0 bridgehead atoms. The highest BCUT2D eigenvalue weighted by Gasteiger charge is 2.20. The molecule has 0 radical (unpaired) electrons. The zero-order chi connectivity index (χ0) is 10.7. The number of pyridine rings is 1. The largest absolute Gasteiger partial charge is 0.308 e. The van der Waals surface area contributed by atoms with Crippen LogP contribution in [0.1, 0.15) is 31.9 Å². The van der Waals surface area contributed by atoms with Crippen molar-refractivity contribution < 1.29 is 0 Å². The van der Waals surface area contributed by atoms with Crippen LogP contribution in [0.5, 0.6) is 0 Å². The molecular weight excluding hydrogens is 252 g/mol. The van der Waals surface area contributed by atoms with Crippen LogP contribution in [-0.4, -0.2) is 11.0 Å². The molecule has 1 N–H and O–H groups in total. The lowest BCUT2D eigenvalue weighted by Crippen LogP contribution is -2.26. The molecule has 0 aromatic carbocycles. The number of hydrogen-bond donors (Lipinski definition) is 1. The number of hydrogen-bond acceptors (Lipinski definition) is 2. The smallest absolute Gasteiger partial charge is 0.0542 e. The van der Waals surface area contributed by atoms with E-state index in [1.54, 1.807) is 0 Å². The van der Waals surface area contributed by atoms with Crippen molar-refractivity contribution in [1.82, 2.24) is 10.3 Å². The van der Waals surface area contributed by atoms with Gasteiger partial charge in [0.15, 0.2) is 0 Å². The van der Waals surface area contributed by atoms with Gasteiger partial charge in [-0.2, -0.15) is 0 Å². The summed E-state index contributed by atoms with van der Waals surface area (Å²) in [7, 11) is 0. The topological polar surface area (TPSA) is 24.9 Å². The maximum Gasteiger partial charge on any atom is 0.0542 e. The molecular formula is C12H17BrN2. The van der Waals surface area contributed by atoms with E-state index in [0.29, 0.717) is 6.04 Å². The molecule has 2 atom stereocenters. The molecule has 2 unspecified atom stereocenters. The first-order chi connectivity index (χ1) is 7.24.